The van der Waals surface area contributed by atoms with E-state index in [4.69, 9.17) is 16.0 Å². The van der Waals surface area contributed by atoms with Crippen LogP contribution in [0.3, 0.4) is 0 Å². The monoisotopic (exact) mass is 192 g/mol. The quantitative estimate of drug-likeness (QED) is 0.327. The molecule has 0 rings (SSSR count). The van der Waals surface area contributed by atoms with Gasteiger partial charge in [-0.05, 0) is 18.9 Å². The average Bonchev–Trinajstić information content (AvgIpc) is 2.03. The predicted molar refractivity (Wildman–Crippen MR) is 51.4 cm³/mol. The molecule has 0 aliphatic carbocycles. The molecule has 0 aliphatic rings. The van der Waals surface area contributed by atoms with Gasteiger partial charge in [0, 0.05) is 12.5 Å². The van der Waals surface area contributed by atoms with Crippen LogP contribution in [-0.2, 0) is 4.43 Å². The van der Waals surface area contributed by atoms with Gasteiger partial charge in [0.2, 0.25) is 9.76 Å². The Morgan fingerprint density at radius 1 is 1.27 bits per heavy atom. The van der Waals surface area contributed by atoms with Crippen molar-refractivity contribution in [2.45, 2.75) is 38.7 Å². The highest BCUT2D eigenvalue weighted by atomic mass is 35.5. The van der Waals surface area contributed by atoms with Crippen molar-refractivity contribution in [3.8, 4) is 0 Å². The number of unbranched alkanes of at least 4 members (excludes halogenated alkanes) is 2. The Bertz CT molecular complexity index is 63.1. The molecule has 66 valence electrons. The summed E-state index contributed by atoms with van der Waals surface area (Å²) in [5.74, 6) is 0.791. The highest BCUT2D eigenvalue weighted by Crippen LogP contribution is 1.97. The van der Waals surface area contributed by atoms with Gasteiger partial charge in [0.25, 0.3) is 0 Å². The highest BCUT2D eigenvalue weighted by Gasteiger charge is 1.91. The first-order valence-corrected chi connectivity index (χ1v) is 5.97. The molecule has 0 aromatic heterocycles. The van der Waals surface area contributed by atoms with Crippen LogP contribution in [0.5, 0.6) is 0 Å². The molecule has 0 unspecified atom stereocenters. The fourth-order valence-corrected chi connectivity index (χ4v) is 1.67. The SMILES string of the molecule is CCCCO[Si]CCCCCl. The maximum atomic E-state index is 5.53. The fraction of sp³-hybridized carbons (Fsp3) is 1.00. The molecule has 0 aliphatic heterocycles. The second kappa shape index (κ2) is 10.5. The summed E-state index contributed by atoms with van der Waals surface area (Å²) in [6.07, 6.45) is 4.77. The largest absolute Gasteiger partial charge is 0.417 e. The number of hydrogen-bond donors (Lipinski definition) is 0. The second-order valence-corrected chi connectivity index (χ2v) is 3.95. The number of hydrogen-bond acceptors (Lipinski definition) is 1. The smallest absolute Gasteiger partial charge is 0.229 e. The van der Waals surface area contributed by atoms with Crippen LogP contribution in [0.2, 0.25) is 6.04 Å². The third kappa shape index (κ3) is 10.5. The van der Waals surface area contributed by atoms with Crippen LogP contribution < -0.4 is 0 Å². The van der Waals surface area contributed by atoms with E-state index >= 15 is 0 Å². The van der Waals surface area contributed by atoms with Crippen molar-refractivity contribution in [2.24, 2.45) is 0 Å². The van der Waals surface area contributed by atoms with Crippen molar-refractivity contribution in [1.82, 2.24) is 0 Å². The van der Waals surface area contributed by atoms with Gasteiger partial charge in [0.15, 0.2) is 0 Å². The van der Waals surface area contributed by atoms with E-state index in [1.807, 2.05) is 0 Å². The average molecular weight is 193 g/mol. The summed E-state index contributed by atoms with van der Waals surface area (Å²) in [5.41, 5.74) is 0. The van der Waals surface area contributed by atoms with E-state index in [0.717, 1.165) is 18.9 Å². The van der Waals surface area contributed by atoms with Crippen LogP contribution in [-0.4, -0.2) is 22.3 Å². The van der Waals surface area contributed by atoms with Crippen LogP contribution in [0.25, 0.3) is 0 Å². The van der Waals surface area contributed by atoms with Crippen LogP contribution in [0.4, 0.5) is 0 Å². The van der Waals surface area contributed by atoms with E-state index in [-0.39, 0.29) is 0 Å². The summed E-state index contributed by atoms with van der Waals surface area (Å²) in [4.78, 5) is 0. The Hall–Kier alpha value is 0.467. The third-order valence-corrected chi connectivity index (χ3v) is 2.60. The summed E-state index contributed by atoms with van der Waals surface area (Å²) in [5, 5.41) is 0. The van der Waals surface area contributed by atoms with Gasteiger partial charge in [-0.15, -0.1) is 11.6 Å². The van der Waals surface area contributed by atoms with Gasteiger partial charge in [0.1, 0.15) is 0 Å². The Labute approximate surface area is 77.4 Å². The van der Waals surface area contributed by atoms with E-state index in [1.54, 1.807) is 0 Å². The van der Waals surface area contributed by atoms with Gasteiger partial charge in [0.05, 0.1) is 0 Å². The van der Waals surface area contributed by atoms with Gasteiger partial charge in [-0.25, -0.2) is 0 Å². The summed E-state index contributed by atoms with van der Waals surface area (Å²) < 4.78 is 5.41. The maximum Gasteiger partial charge on any atom is 0.229 e. The minimum atomic E-state index is 0.693. The lowest BCUT2D eigenvalue weighted by Gasteiger charge is -1.99. The molecule has 0 bridgehead atoms. The Morgan fingerprint density at radius 2 is 2.09 bits per heavy atom. The molecular weight excluding hydrogens is 176 g/mol. The Morgan fingerprint density at radius 3 is 2.73 bits per heavy atom. The lowest BCUT2D eigenvalue weighted by molar-refractivity contribution is 0.325. The summed E-state index contributed by atoms with van der Waals surface area (Å²) in [7, 11) is 0.693. The molecule has 0 heterocycles. The van der Waals surface area contributed by atoms with Gasteiger partial charge >= 0.3 is 0 Å². The first-order valence-electron chi connectivity index (χ1n) is 4.32. The summed E-state index contributed by atoms with van der Waals surface area (Å²) in [6, 6.07) is 1.19. The van der Waals surface area contributed by atoms with Gasteiger partial charge in [-0.2, -0.15) is 0 Å². The molecule has 0 saturated carbocycles. The second-order valence-electron chi connectivity index (χ2n) is 2.49. The molecule has 0 aromatic carbocycles. The van der Waals surface area contributed by atoms with Crippen molar-refractivity contribution < 1.29 is 4.43 Å². The molecule has 0 fully saturated rings. The summed E-state index contributed by atoms with van der Waals surface area (Å²) in [6.45, 7) is 3.12. The topological polar surface area (TPSA) is 9.23 Å². The fourth-order valence-electron chi connectivity index (χ4n) is 0.653. The van der Waals surface area contributed by atoms with Crippen LogP contribution >= 0.6 is 11.6 Å². The standard InChI is InChI=1S/C8H17ClOSi/c1-2-3-7-10-11-8-5-4-6-9/h2-8H2,1H3. The number of alkyl halides is 1. The van der Waals surface area contributed by atoms with Gasteiger partial charge in [-0.1, -0.05) is 19.8 Å². The molecule has 0 spiro atoms. The molecule has 2 radical (unpaired) electrons. The minimum absolute atomic E-state index is 0.693. The lowest BCUT2D eigenvalue weighted by atomic mass is 10.4. The van der Waals surface area contributed by atoms with E-state index in [0.29, 0.717) is 9.76 Å². The van der Waals surface area contributed by atoms with Crippen molar-refractivity contribution in [2.75, 3.05) is 12.5 Å². The molecule has 1 nitrogen and oxygen atoms in total. The molecule has 0 amide bonds. The van der Waals surface area contributed by atoms with Gasteiger partial charge < -0.3 is 4.43 Å². The maximum absolute atomic E-state index is 5.53. The van der Waals surface area contributed by atoms with Crippen molar-refractivity contribution in [3.05, 3.63) is 0 Å². The van der Waals surface area contributed by atoms with Gasteiger partial charge in [-0.3, -0.25) is 0 Å². The zero-order chi connectivity index (χ0) is 8.36. The van der Waals surface area contributed by atoms with E-state index in [2.05, 4.69) is 6.92 Å². The predicted octanol–water partition coefficient (Wildman–Crippen LogP) is 2.86. The molecule has 0 atom stereocenters. The van der Waals surface area contributed by atoms with Crippen molar-refractivity contribution in [1.29, 1.82) is 0 Å². The summed E-state index contributed by atoms with van der Waals surface area (Å²) >= 11 is 5.53. The molecular formula is C8H17ClOSi. The normalized spacial score (nSPS) is 10.4. The molecule has 0 N–H and O–H groups in total. The Kier molecular flexibility index (Phi) is 10.9. The third-order valence-electron chi connectivity index (χ3n) is 1.36. The lowest BCUT2D eigenvalue weighted by Crippen LogP contribution is -1.99. The minimum Gasteiger partial charge on any atom is -0.417 e. The van der Waals surface area contributed by atoms with E-state index in [9.17, 15) is 0 Å². The molecule has 11 heavy (non-hydrogen) atoms. The van der Waals surface area contributed by atoms with E-state index in [1.165, 1.54) is 25.3 Å². The molecule has 0 saturated heterocycles. The Balaban J connectivity index is 2.69. The van der Waals surface area contributed by atoms with Crippen LogP contribution in [0.1, 0.15) is 32.6 Å². The molecule has 3 heteroatoms. The first-order chi connectivity index (χ1) is 5.41. The highest BCUT2D eigenvalue weighted by molar-refractivity contribution is 6.27. The number of rotatable bonds is 8. The van der Waals surface area contributed by atoms with E-state index < -0.39 is 0 Å². The zero-order valence-electron chi connectivity index (χ0n) is 7.24. The first kappa shape index (κ1) is 11.5. The van der Waals surface area contributed by atoms with Crippen LogP contribution in [0, 0.1) is 0 Å². The molecule has 0 aromatic rings. The van der Waals surface area contributed by atoms with Crippen LogP contribution in [0.15, 0.2) is 0 Å². The van der Waals surface area contributed by atoms with Crippen molar-refractivity contribution in [3.63, 3.8) is 0 Å². The van der Waals surface area contributed by atoms with Crippen molar-refractivity contribution >= 4 is 21.4 Å². The zero-order valence-corrected chi connectivity index (χ0v) is 8.99. The number of halogens is 1.